The fourth-order valence-corrected chi connectivity index (χ4v) is 3.10. The van der Waals surface area contributed by atoms with Crippen LogP contribution in [-0.4, -0.2) is 36.3 Å². The van der Waals surface area contributed by atoms with Crippen molar-refractivity contribution in [2.24, 2.45) is 0 Å². The lowest BCUT2D eigenvalue weighted by atomic mass is 10.1. The van der Waals surface area contributed by atoms with Crippen LogP contribution in [0.2, 0.25) is 0 Å². The third-order valence-corrected chi connectivity index (χ3v) is 4.59. The van der Waals surface area contributed by atoms with Crippen LogP contribution in [0.4, 0.5) is 0 Å². The van der Waals surface area contributed by atoms with E-state index in [1.165, 1.54) is 5.56 Å². The average molecular weight is 352 g/mol. The van der Waals surface area contributed by atoms with Crippen molar-refractivity contribution in [1.29, 1.82) is 0 Å². The summed E-state index contributed by atoms with van der Waals surface area (Å²) in [5, 5.41) is 2.69. The van der Waals surface area contributed by atoms with E-state index in [1.54, 1.807) is 11.9 Å². The minimum absolute atomic E-state index is 0.0280. The van der Waals surface area contributed by atoms with E-state index >= 15 is 0 Å². The Labute approximate surface area is 156 Å². The number of hydrogen-bond acceptors (Lipinski definition) is 2. The lowest BCUT2D eigenvalue weighted by molar-refractivity contribution is -0.140. The summed E-state index contributed by atoms with van der Waals surface area (Å²) in [7, 11) is 1.62. The maximum Gasteiger partial charge on any atom is 0.242 e. The van der Waals surface area contributed by atoms with Crippen molar-refractivity contribution in [1.82, 2.24) is 10.2 Å². The average Bonchev–Trinajstić information content (AvgIpc) is 2.70. The molecule has 0 saturated heterocycles. The first-order valence-corrected chi connectivity index (χ1v) is 9.24. The zero-order chi connectivity index (χ0) is 18.8. The number of carbonyl (C=O) groups excluding carboxylic acids is 2. The number of nitrogens with one attached hydrogen (secondary N) is 1. The topological polar surface area (TPSA) is 49.4 Å². The van der Waals surface area contributed by atoms with Crippen molar-refractivity contribution in [2.75, 3.05) is 13.6 Å². The molecule has 0 heterocycles. The summed E-state index contributed by atoms with van der Waals surface area (Å²) in [5.41, 5.74) is 2.30. The van der Waals surface area contributed by atoms with Gasteiger partial charge >= 0.3 is 0 Å². The number of benzene rings is 2. The number of nitrogens with zero attached hydrogens (tertiary/aromatic N) is 1. The van der Waals surface area contributed by atoms with Crippen LogP contribution in [0.5, 0.6) is 0 Å². The van der Waals surface area contributed by atoms with Gasteiger partial charge in [-0.15, -0.1) is 0 Å². The van der Waals surface area contributed by atoms with Gasteiger partial charge < -0.3 is 10.2 Å². The number of amides is 2. The smallest absolute Gasteiger partial charge is 0.242 e. The lowest BCUT2D eigenvalue weighted by Crippen LogP contribution is -2.49. The molecule has 0 radical (unpaired) electrons. The van der Waals surface area contributed by atoms with Gasteiger partial charge in [0.1, 0.15) is 6.04 Å². The van der Waals surface area contributed by atoms with E-state index < -0.39 is 6.04 Å². The molecule has 0 bridgehead atoms. The minimum atomic E-state index is -0.424. The molecule has 1 atom stereocenters. The Bertz CT molecular complexity index is 686. The van der Waals surface area contributed by atoms with Gasteiger partial charge in [0.15, 0.2) is 0 Å². The summed E-state index contributed by atoms with van der Waals surface area (Å²) in [6.45, 7) is 2.49. The third-order valence-electron chi connectivity index (χ3n) is 4.59. The van der Waals surface area contributed by atoms with Crippen molar-refractivity contribution in [3.8, 4) is 0 Å². The fraction of sp³-hybridized carbons (Fsp3) is 0.364. The van der Waals surface area contributed by atoms with Crippen LogP contribution >= 0.6 is 0 Å². The molecule has 1 N–H and O–H groups in total. The van der Waals surface area contributed by atoms with Gasteiger partial charge in [-0.2, -0.15) is 0 Å². The number of carbonyl (C=O) groups is 2. The molecule has 0 aliphatic heterocycles. The molecule has 2 aromatic rings. The van der Waals surface area contributed by atoms with Gasteiger partial charge in [-0.25, -0.2) is 0 Å². The molecule has 0 saturated carbocycles. The highest BCUT2D eigenvalue weighted by Crippen LogP contribution is 2.12. The predicted octanol–water partition coefficient (Wildman–Crippen LogP) is 3.22. The highest BCUT2D eigenvalue weighted by molar-refractivity contribution is 5.87. The summed E-state index contributed by atoms with van der Waals surface area (Å²) in [4.78, 5) is 26.9. The van der Waals surface area contributed by atoms with Gasteiger partial charge in [0, 0.05) is 20.0 Å². The largest absolute Gasteiger partial charge is 0.357 e. The molecule has 26 heavy (non-hydrogen) atoms. The maximum absolute atomic E-state index is 12.9. The minimum Gasteiger partial charge on any atom is -0.357 e. The van der Waals surface area contributed by atoms with Gasteiger partial charge in [0.2, 0.25) is 11.8 Å². The zero-order valence-electron chi connectivity index (χ0n) is 15.7. The molecular weight excluding hydrogens is 324 g/mol. The first-order valence-electron chi connectivity index (χ1n) is 9.24. The monoisotopic (exact) mass is 352 g/mol. The molecule has 0 aromatic heterocycles. The molecule has 0 fully saturated rings. The number of rotatable bonds is 9. The van der Waals surface area contributed by atoms with Gasteiger partial charge in [0.25, 0.3) is 0 Å². The van der Waals surface area contributed by atoms with Crippen LogP contribution in [0.15, 0.2) is 60.7 Å². The van der Waals surface area contributed by atoms with E-state index in [-0.39, 0.29) is 11.8 Å². The molecule has 0 spiro atoms. The van der Waals surface area contributed by atoms with Crippen molar-refractivity contribution in [3.63, 3.8) is 0 Å². The van der Waals surface area contributed by atoms with Gasteiger partial charge in [0.05, 0.1) is 0 Å². The standard InChI is InChI=1S/C22H28N2O2/c1-3-20(22(26)23-2)24(17-16-19-12-8-5-9-13-19)21(25)15-14-18-10-6-4-7-11-18/h4-13,20H,3,14-17H2,1-2H3,(H,23,26). The quantitative estimate of drug-likeness (QED) is 0.753. The Hall–Kier alpha value is -2.62. The van der Waals surface area contributed by atoms with E-state index in [0.29, 0.717) is 25.8 Å². The van der Waals surface area contributed by atoms with Gasteiger partial charge in [-0.3, -0.25) is 9.59 Å². The SMILES string of the molecule is CCC(C(=O)NC)N(CCc1ccccc1)C(=O)CCc1ccccc1. The molecular formula is C22H28N2O2. The van der Waals surface area contributed by atoms with Crippen LogP contribution in [0.25, 0.3) is 0 Å². The lowest BCUT2D eigenvalue weighted by Gasteiger charge is -2.30. The van der Waals surface area contributed by atoms with E-state index in [9.17, 15) is 9.59 Å². The highest BCUT2D eigenvalue weighted by Gasteiger charge is 2.27. The second-order valence-electron chi connectivity index (χ2n) is 6.35. The van der Waals surface area contributed by atoms with Crippen LogP contribution < -0.4 is 5.32 Å². The third kappa shape index (κ3) is 5.73. The van der Waals surface area contributed by atoms with E-state index in [2.05, 4.69) is 5.32 Å². The number of hydrogen-bond donors (Lipinski definition) is 1. The molecule has 0 aliphatic rings. The molecule has 138 valence electrons. The van der Waals surface area contributed by atoms with Crippen molar-refractivity contribution in [2.45, 2.75) is 38.6 Å². The summed E-state index contributed by atoms with van der Waals surface area (Å²) < 4.78 is 0. The Morgan fingerprint density at radius 3 is 1.96 bits per heavy atom. The fourth-order valence-electron chi connectivity index (χ4n) is 3.10. The van der Waals surface area contributed by atoms with Gasteiger partial charge in [-0.1, -0.05) is 67.6 Å². The summed E-state index contributed by atoms with van der Waals surface area (Å²) in [6, 6.07) is 19.6. The van der Waals surface area contributed by atoms with Crippen molar-refractivity contribution < 1.29 is 9.59 Å². The Morgan fingerprint density at radius 1 is 0.923 bits per heavy atom. The number of aryl methyl sites for hydroxylation is 1. The Balaban J connectivity index is 2.07. The highest BCUT2D eigenvalue weighted by atomic mass is 16.2. The van der Waals surface area contributed by atoms with E-state index in [1.807, 2.05) is 67.6 Å². The zero-order valence-corrected chi connectivity index (χ0v) is 15.7. The number of likely N-dealkylation sites (N-methyl/N-ethyl adjacent to an activating group) is 1. The summed E-state index contributed by atoms with van der Waals surface area (Å²) in [6.07, 6.45) is 2.44. The molecule has 2 rings (SSSR count). The van der Waals surface area contributed by atoms with E-state index in [0.717, 1.165) is 12.0 Å². The van der Waals surface area contributed by atoms with Crippen molar-refractivity contribution in [3.05, 3.63) is 71.8 Å². The predicted molar refractivity (Wildman–Crippen MR) is 105 cm³/mol. The summed E-state index contributed by atoms with van der Waals surface area (Å²) in [5.74, 6) is -0.0751. The van der Waals surface area contributed by atoms with Crippen LogP contribution in [0, 0.1) is 0 Å². The van der Waals surface area contributed by atoms with E-state index in [4.69, 9.17) is 0 Å². The molecule has 0 aliphatic carbocycles. The van der Waals surface area contributed by atoms with Crippen LogP contribution in [-0.2, 0) is 22.4 Å². The first-order chi connectivity index (χ1) is 12.7. The van der Waals surface area contributed by atoms with Crippen molar-refractivity contribution >= 4 is 11.8 Å². The molecule has 4 nitrogen and oxygen atoms in total. The first kappa shape index (κ1) is 19.7. The molecule has 2 amide bonds. The second kappa shape index (κ2) is 10.4. The molecule has 1 unspecified atom stereocenters. The second-order valence-corrected chi connectivity index (χ2v) is 6.35. The molecule has 2 aromatic carbocycles. The normalized spacial score (nSPS) is 11.6. The van der Waals surface area contributed by atoms with Crippen LogP contribution in [0.3, 0.4) is 0 Å². The molecule has 4 heteroatoms. The Kier molecular flexibility index (Phi) is 7.87. The Morgan fingerprint density at radius 2 is 1.46 bits per heavy atom. The van der Waals surface area contributed by atoms with Gasteiger partial charge in [-0.05, 0) is 30.4 Å². The maximum atomic E-state index is 12.9. The summed E-state index contributed by atoms with van der Waals surface area (Å²) >= 11 is 0. The van der Waals surface area contributed by atoms with Crippen LogP contribution in [0.1, 0.15) is 30.9 Å².